The van der Waals surface area contributed by atoms with Crippen LogP contribution in [-0.2, 0) is 42.7 Å². The van der Waals surface area contributed by atoms with Crippen LogP contribution in [0.2, 0.25) is 0 Å². The summed E-state index contributed by atoms with van der Waals surface area (Å²) in [5.41, 5.74) is 1.66. The number of sulfonamides is 2. The molecule has 4 fully saturated rings. The summed E-state index contributed by atoms with van der Waals surface area (Å²) in [5.74, 6) is 1.08. The molecule has 0 aromatic carbocycles. The number of hydroxylamine groups is 1. The van der Waals surface area contributed by atoms with Gasteiger partial charge in [0.1, 0.15) is 0 Å². The van der Waals surface area contributed by atoms with E-state index in [0.29, 0.717) is 62.2 Å². The Hall–Kier alpha value is -3.00. The second-order valence-electron chi connectivity index (χ2n) is 15.7. The fourth-order valence-electron chi connectivity index (χ4n) is 8.41. The van der Waals surface area contributed by atoms with E-state index in [-0.39, 0.29) is 49.3 Å². The zero-order chi connectivity index (χ0) is 39.3. The van der Waals surface area contributed by atoms with Crippen molar-refractivity contribution in [1.29, 1.82) is 0 Å². The largest absolute Gasteiger partial charge is 0.481 e. The van der Waals surface area contributed by atoms with E-state index < -0.39 is 31.9 Å². The normalized spacial score (nSPS) is 21.8. The Kier molecular flexibility index (Phi) is 16.4. The molecule has 2 aliphatic heterocycles. The zero-order valence-corrected chi connectivity index (χ0v) is 33.5. The van der Waals surface area contributed by atoms with E-state index in [1.165, 1.54) is 72.8 Å². The number of amides is 1. The van der Waals surface area contributed by atoms with Gasteiger partial charge in [0.05, 0.1) is 31.0 Å². The first-order valence-corrected chi connectivity index (χ1v) is 23.4. The van der Waals surface area contributed by atoms with Gasteiger partial charge in [0.2, 0.25) is 37.7 Å². The van der Waals surface area contributed by atoms with E-state index in [2.05, 4.69) is 20.3 Å². The van der Waals surface area contributed by atoms with E-state index >= 15 is 0 Å². The number of aromatic nitrogens is 4. The van der Waals surface area contributed by atoms with E-state index in [0.717, 1.165) is 37.5 Å². The summed E-state index contributed by atoms with van der Waals surface area (Å²) in [6.07, 6.45) is 19.7. The molecule has 2 atom stereocenters. The first kappa shape index (κ1) is 43.1. The van der Waals surface area contributed by atoms with Gasteiger partial charge in [0, 0.05) is 31.3 Å². The van der Waals surface area contributed by atoms with Crippen molar-refractivity contribution in [1.82, 2.24) is 34.4 Å². The van der Waals surface area contributed by atoms with E-state index in [4.69, 9.17) is 14.3 Å². The first-order chi connectivity index (χ1) is 26.4. The first-order valence-electron chi connectivity index (χ1n) is 20.2. The summed E-state index contributed by atoms with van der Waals surface area (Å²) in [5, 5.41) is 25.9. The quantitative estimate of drug-likeness (QED) is 0.129. The van der Waals surface area contributed by atoms with Crippen molar-refractivity contribution in [2.45, 2.75) is 153 Å². The van der Waals surface area contributed by atoms with Crippen molar-refractivity contribution in [3.05, 3.63) is 23.4 Å². The highest BCUT2D eigenvalue weighted by atomic mass is 32.2. The van der Waals surface area contributed by atoms with E-state index in [9.17, 15) is 31.5 Å². The third-order valence-electron chi connectivity index (χ3n) is 11.5. The second-order valence-corrected chi connectivity index (χ2v) is 19.9. The topological polar surface area (TPSA) is 239 Å². The Morgan fingerprint density at radius 3 is 1.51 bits per heavy atom. The lowest BCUT2D eigenvalue weighted by Gasteiger charge is -2.22. The number of carbonyl (C=O) groups is 2. The van der Waals surface area contributed by atoms with Crippen LogP contribution in [0.5, 0.6) is 0 Å². The summed E-state index contributed by atoms with van der Waals surface area (Å²) in [6, 6.07) is 0. The molecule has 2 aromatic heterocycles. The molecule has 0 bridgehead atoms. The molecule has 3 N–H and O–H groups in total. The third-order valence-corrected chi connectivity index (χ3v) is 15.3. The molecular formula is C36H59N7O10S2. The van der Waals surface area contributed by atoms with Crippen molar-refractivity contribution in [3.8, 4) is 0 Å². The SMILES string of the molecule is O=C(C[C@@H](CCCC1CCCCC1)c1nc(CN2CCCS2(=O)=O)no1)NO.O=C(O)C[C@@H](CCCC1CCCCC1)c1nc(CN2CCCS2(=O)=O)no1. The van der Waals surface area contributed by atoms with Gasteiger partial charge in [0.25, 0.3) is 0 Å². The molecule has 4 heterocycles. The lowest BCUT2D eigenvalue weighted by atomic mass is 9.84. The number of aliphatic carboxylic acids is 1. The fourth-order valence-corrected chi connectivity index (χ4v) is 11.4. The van der Waals surface area contributed by atoms with E-state index in [1.807, 2.05) is 0 Å². The molecule has 310 valence electrons. The van der Waals surface area contributed by atoms with Crippen molar-refractivity contribution < 1.29 is 45.8 Å². The molecule has 0 spiro atoms. The highest BCUT2D eigenvalue weighted by Crippen LogP contribution is 2.33. The Bertz CT molecular complexity index is 1720. The van der Waals surface area contributed by atoms with Gasteiger partial charge in [-0.15, -0.1) is 0 Å². The zero-order valence-electron chi connectivity index (χ0n) is 31.9. The monoisotopic (exact) mass is 813 g/mol. The van der Waals surface area contributed by atoms with Crippen molar-refractivity contribution in [2.75, 3.05) is 24.6 Å². The van der Waals surface area contributed by atoms with Crippen LogP contribution in [0.4, 0.5) is 0 Å². The van der Waals surface area contributed by atoms with Crippen LogP contribution in [0.15, 0.2) is 9.05 Å². The van der Waals surface area contributed by atoms with Gasteiger partial charge in [-0.3, -0.25) is 14.8 Å². The maximum atomic E-state index is 11.9. The molecule has 2 saturated carbocycles. The molecule has 0 unspecified atom stereocenters. The van der Waals surface area contributed by atoms with Crippen LogP contribution in [0.25, 0.3) is 0 Å². The average Bonchev–Trinajstić information content (AvgIpc) is 3.97. The van der Waals surface area contributed by atoms with Crippen LogP contribution in [0.3, 0.4) is 0 Å². The number of hydrogen-bond acceptors (Lipinski definition) is 13. The van der Waals surface area contributed by atoms with Crippen LogP contribution in [-0.4, -0.2) is 92.5 Å². The van der Waals surface area contributed by atoms with Gasteiger partial charge >= 0.3 is 5.97 Å². The van der Waals surface area contributed by atoms with Gasteiger partial charge in [-0.2, -0.15) is 18.6 Å². The molecule has 2 saturated heterocycles. The maximum Gasteiger partial charge on any atom is 0.304 e. The molecule has 0 radical (unpaired) electrons. The highest BCUT2D eigenvalue weighted by Gasteiger charge is 2.32. The molecular weight excluding hydrogens is 755 g/mol. The summed E-state index contributed by atoms with van der Waals surface area (Å²) in [6.45, 7) is 1.11. The smallest absolute Gasteiger partial charge is 0.304 e. The second kappa shape index (κ2) is 21.0. The Morgan fingerprint density at radius 2 is 1.13 bits per heavy atom. The number of carboxylic acid groups (broad SMARTS) is 1. The molecule has 6 rings (SSSR count). The van der Waals surface area contributed by atoms with Crippen LogP contribution in [0.1, 0.15) is 164 Å². The van der Waals surface area contributed by atoms with Gasteiger partial charge < -0.3 is 14.2 Å². The number of nitrogens with one attached hydrogen (secondary N) is 1. The van der Waals surface area contributed by atoms with Gasteiger partial charge in [-0.05, 0) is 37.5 Å². The number of nitrogens with zero attached hydrogens (tertiary/aromatic N) is 6. The number of rotatable bonds is 18. The predicted molar refractivity (Wildman–Crippen MR) is 199 cm³/mol. The van der Waals surface area contributed by atoms with Crippen LogP contribution < -0.4 is 5.48 Å². The minimum atomic E-state index is -3.23. The minimum Gasteiger partial charge on any atom is -0.481 e. The number of carbonyl (C=O) groups excluding carboxylic acids is 1. The number of carboxylic acids is 1. The molecule has 17 nitrogen and oxygen atoms in total. The molecule has 1 amide bonds. The summed E-state index contributed by atoms with van der Waals surface area (Å²) in [4.78, 5) is 31.6. The molecule has 4 aliphatic rings. The van der Waals surface area contributed by atoms with E-state index in [1.54, 1.807) is 5.48 Å². The van der Waals surface area contributed by atoms with Gasteiger partial charge in [-0.25, -0.2) is 22.3 Å². The lowest BCUT2D eigenvalue weighted by molar-refractivity contribution is -0.137. The predicted octanol–water partition coefficient (Wildman–Crippen LogP) is 5.25. The fraction of sp³-hybridized carbons (Fsp3) is 0.833. The summed E-state index contributed by atoms with van der Waals surface area (Å²) < 4.78 is 61.1. The van der Waals surface area contributed by atoms with Crippen LogP contribution >= 0.6 is 0 Å². The Morgan fingerprint density at radius 1 is 0.691 bits per heavy atom. The highest BCUT2D eigenvalue weighted by molar-refractivity contribution is 7.89. The van der Waals surface area contributed by atoms with Gasteiger partial charge in [0.15, 0.2) is 11.6 Å². The maximum absolute atomic E-state index is 11.9. The van der Waals surface area contributed by atoms with Crippen molar-refractivity contribution in [2.24, 2.45) is 11.8 Å². The number of hydrogen-bond donors (Lipinski definition) is 3. The molecule has 55 heavy (non-hydrogen) atoms. The van der Waals surface area contributed by atoms with Gasteiger partial charge in [-0.1, -0.05) is 100 Å². The minimum absolute atomic E-state index is 0.0473. The van der Waals surface area contributed by atoms with Crippen molar-refractivity contribution in [3.63, 3.8) is 0 Å². The molecule has 2 aromatic rings. The van der Waals surface area contributed by atoms with Crippen molar-refractivity contribution >= 4 is 31.9 Å². The van der Waals surface area contributed by atoms with Crippen LogP contribution in [0, 0.1) is 11.8 Å². The molecule has 2 aliphatic carbocycles. The summed E-state index contributed by atoms with van der Waals surface area (Å²) >= 11 is 0. The summed E-state index contributed by atoms with van der Waals surface area (Å²) in [7, 11) is -6.46. The molecule has 19 heteroatoms. The standard InChI is InChI=1S/C18H30N4O5S.C18H29N3O5S/c23-17(20-24)12-15(9-4-8-14-6-2-1-3-7-14)18-19-16(21-27-18)13-22-10-5-11-28(22,25)26;22-17(23)12-15(9-4-8-14-6-2-1-3-7-14)18-19-16(20-26-18)13-21-10-5-11-27(21,24)25/h14-15,24H,1-13H2,(H,20,23);14-15H,1-13H2,(H,22,23)/t2*15-/m11/s1. The Labute approximate surface area is 324 Å². The Balaban J connectivity index is 0.000000211. The third kappa shape index (κ3) is 13.6. The average molecular weight is 814 g/mol. The lowest BCUT2D eigenvalue weighted by Crippen LogP contribution is -2.25.